The van der Waals surface area contributed by atoms with Crippen LogP contribution in [0.3, 0.4) is 0 Å². The molecule has 4 nitrogen and oxygen atoms in total. The molecule has 1 rings (SSSR count). The van der Waals surface area contributed by atoms with E-state index < -0.39 is 5.82 Å². The zero-order valence-electron chi connectivity index (χ0n) is 8.03. The second kappa shape index (κ2) is 4.55. The van der Waals surface area contributed by atoms with Crippen LogP contribution < -0.4 is 4.90 Å². The van der Waals surface area contributed by atoms with Gasteiger partial charge in [-0.3, -0.25) is 4.79 Å². The Balaban J connectivity index is 2.65. The molecule has 0 radical (unpaired) electrons. The summed E-state index contributed by atoms with van der Waals surface area (Å²) in [7, 11) is 2.99. The fourth-order valence-corrected chi connectivity index (χ4v) is 0.933. The van der Waals surface area contributed by atoms with Crippen molar-refractivity contribution in [2.75, 3.05) is 25.6 Å². The number of pyridine rings is 1. The molecule has 0 fully saturated rings. The third kappa shape index (κ3) is 2.69. The highest BCUT2D eigenvalue weighted by Crippen LogP contribution is 2.08. The standard InChI is InChI=1S/C9H11FN2O2/c1-12(6-9(13)14-2)8-4-3-7(10)5-11-8/h3-5H,6H2,1-2H3. The van der Waals surface area contributed by atoms with Crippen molar-refractivity contribution < 1.29 is 13.9 Å². The Kier molecular flexibility index (Phi) is 3.39. The van der Waals surface area contributed by atoms with Crippen molar-refractivity contribution in [1.82, 2.24) is 4.98 Å². The predicted octanol–water partition coefficient (Wildman–Crippen LogP) is 0.830. The minimum Gasteiger partial charge on any atom is -0.468 e. The van der Waals surface area contributed by atoms with E-state index in [0.717, 1.165) is 6.20 Å². The normalized spacial score (nSPS) is 9.64. The highest BCUT2D eigenvalue weighted by Gasteiger charge is 2.07. The first-order valence-corrected chi connectivity index (χ1v) is 4.03. The van der Waals surface area contributed by atoms with Crippen LogP contribution in [0.4, 0.5) is 10.2 Å². The summed E-state index contributed by atoms with van der Waals surface area (Å²) >= 11 is 0. The number of halogens is 1. The SMILES string of the molecule is COC(=O)CN(C)c1ccc(F)cn1. The number of aromatic nitrogens is 1. The Hall–Kier alpha value is -1.65. The quantitative estimate of drug-likeness (QED) is 0.675. The van der Waals surface area contributed by atoms with Crippen molar-refractivity contribution in [3.8, 4) is 0 Å². The van der Waals surface area contributed by atoms with Crippen molar-refractivity contribution >= 4 is 11.8 Å². The van der Waals surface area contributed by atoms with Gasteiger partial charge in [-0.1, -0.05) is 0 Å². The average molecular weight is 198 g/mol. The van der Waals surface area contributed by atoms with E-state index in [1.54, 1.807) is 11.9 Å². The van der Waals surface area contributed by atoms with Crippen LogP contribution in [0, 0.1) is 5.82 Å². The van der Waals surface area contributed by atoms with Crippen molar-refractivity contribution in [2.45, 2.75) is 0 Å². The van der Waals surface area contributed by atoms with Gasteiger partial charge in [-0.15, -0.1) is 0 Å². The molecule has 76 valence electrons. The van der Waals surface area contributed by atoms with Crippen molar-refractivity contribution in [1.29, 1.82) is 0 Å². The number of nitrogens with zero attached hydrogens (tertiary/aromatic N) is 2. The number of methoxy groups -OCH3 is 1. The molecular formula is C9H11FN2O2. The van der Waals surface area contributed by atoms with E-state index in [1.807, 2.05) is 0 Å². The monoisotopic (exact) mass is 198 g/mol. The topological polar surface area (TPSA) is 42.4 Å². The minimum absolute atomic E-state index is 0.0924. The lowest BCUT2D eigenvalue weighted by molar-refractivity contribution is -0.138. The maximum Gasteiger partial charge on any atom is 0.325 e. The Bertz CT molecular complexity index is 313. The third-order valence-electron chi connectivity index (χ3n) is 1.70. The van der Waals surface area contributed by atoms with Gasteiger partial charge in [-0.05, 0) is 12.1 Å². The smallest absolute Gasteiger partial charge is 0.325 e. The molecule has 0 saturated heterocycles. The molecule has 0 N–H and O–H groups in total. The summed E-state index contributed by atoms with van der Waals surface area (Å²) < 4.78 is 17.0. The van der Waals surface area contributed by atoms with Gasteiger partial charge in [-0.25, -0.2) is 9.37 Å². The molecule has 0 aliphatic heterocycles. The fraction of sp³-hybridized carbons (Fsp3) is 0.333. The third-order valence-corrected chi connectivity index (χ3v) is 1.70. The van der Waals surface area contributed by atoms with E-state index >= 15 is 0 Å². The molecule has 0 aliphatic rings. The van der Waals surface area contributed by atoms with Gasteiger partial charge in [0.05, 0.1) is 13.3 Å². The molecule has 0 saturated carbocycles. The van der Waals surface area contributed by atoms with Gasteiger partial charge in [0, 0.05) is 7.05 Å². The molecular weight excluding hydrogens is 187 g/mol. The van der Waals surface area contributed by atoms with E-state index in [-0.39, 0.29) is 12.5 Å². The molecule has 0 aliphatic carbocycles. The van der Waals surface area contributed by atoms with E-state index in [9.17, 15) is 9.18 Å². The van der Waals surface area contributed by atoms with Gasteiger partial charge in [-0.2, -0.15) is 0 Å². The van der Waals surface area contributed by atoms with Crippen LogP contribution in [0.25, 0.3) is 0 Å². The van der Waals surface area contributed by atoms with Crippen molar-refractivity contribution in [2.24, 2.45) is 0 Å². The molecule has 0 atom stereocenters. The molecule has 1 aromatic rings. The lowest BCUT2D eigenvalue weighted by Gasteiger charge is -2.15. The van der Waals surface area contributed by atoms with Gasteiger partial charge in [0.2, 0.25) is 0 Å². The highest BCUT2D eigenvalue weighted by atomic mass is 19.1. The summed E-state index contributed by atoms with van der Waals surface area (Å²) in [6.07, 6.45) is 1.10. The van der Waals surface area contributed by atoms with Crippen molar-refractivity contribution in [3.63, 3.8) is 0 Å². The summed E-state index contributed by atoms with van der Waals surface area (Å²) in [5.41, 5.74) is 0. The molecule has 0 unspecified atom stereocenters. The maximum absolute atomic E-state index is 12.5. The molecule has 0 bridgehead atoms. The summed E-state index contributed by atoms with van der Waals surface area (Å²) in [5.74, 6) is -0.240. The van der Waals surface area contributed by atoms with Crippen LogP contribution >= 0.6 is 0 Å². The molecule has 5 heteroatoms. The second-order valence-electron chi connectivity index (χ2n) is 2.77. The van der Waals surface area contributed by atoms with Crippen LogP contribution in [0.2, 0.25) is 0 Å². The van der Waals surface area contributed by atoms with E-state index in [4.69, 9.17) is 0 Å². The van der Waals surface area contributed by atoms with Crippen LogP contribution in [0.15, 0.2) is 18.3 Å². The summed E-state index contributed by atoms with van der Waals surface area (Å²) in [6, 6.07) is 2.79. The Morgan fingerprint density at radius 3 is 2.86 bits per heavy atom. The van der Waals surface area contributed by atoms with E-state index in [0.29, 0.717) is 5.82 Å². The maximum atomic E-state index is 12.5. The van der Waals surface area contributed by atoms with Crippen molar-refractivity contribution in [3.05, 3.63) is 24.1 Å². The predicted molar refractivity (Wildman–Crippen MR) is 49.5 cm³/mol. The number of rotatable bonds is 3. The van der Waals surface area contributed by atoms with Crippen LogP contribution in [0.1, 0.15) is 0 Å². The van der Waals surface area contributed by atoms with Gasteiger partial charge in [0.1, 0.15) is 18.2 Å². The average Bonchev–Trinajstić information content (AvgIpc) is 2.18. The van der Waals surface area contributed by atoms with Gasteiger partial charge < -0.3 is 9.64 Å². The zero-order chi connectivity index (χ0) is 10.6. The zero-order valence-corrected chi connectivity index (χ0v) is 8.03. The summed E-state index contributed by atoms with van der Waals surface area (Å²) in [4.78, 5) is 16.3. The summed E-state index contributed by atoms with van der Waals surface area (Å²) in [6.45, 7) is 0.0924. The molecule has 0 amide bonds. The molecule has 1 aromatic heterocycles. The first-order chi connectivity index (χ1) is 6.63. The van der Waals surface area contributed by atoms with Crippen LogP contribution in [-0.2, 0) is 9.53 Å². The Morgan fingerprint density at radius 1 is 1.64 bits per heavy atom. The Labute approximate surface area is 81.3 Å². The number of ether oxygens (including phenoxy) is 1. The minimum atomic E-state index is -0.403. The highest BCUT2D eigenvalue weighted by molar-refractivity contribution is 5.74. The van der Waals surface area contributed by atoms with Crippen LogP contribution in [-0.4, -0.2) is 31.7 Å². The Morgan fingerprint density at radius 2 is 2.36 bits per heavy atom. The van der Waals surface area contributed by atoms with Gasteiger partial charge >= 0.3 is 5.97 Å². The van der Waals surface area contributed by atoms with E-state index in [1.165, 1.54) is 19.2 Å². The number of hydrogen-bond donors (Lipinski definition) is 0. The number of likely N-dealkylation sites (N-methyl/N-ethyl adjacent to an activating group) is 1. The first kappa shape index (κ1) is 10.4. The lowest BCUT2D eigenvalue weighted by atomic mass is 10.4. The number of carbonyl (C=O) groups is 1. The number of carbonyl (C=O) groups excluding carboxylic acids is 1. The lowest BCUT2D eigenvalue weighted by Crippen LogP contribution is -2.27. The summed E-state index contributed by atoms with van der Waals surface area (Å²) in [5, 5.41) is 0. The second-order valence-corrected chi connectivity index (χ2v) is 2.77. The molecule has 14 heavy (non-hydrogen) atoms. The molecule has 0 aromatic carbocycles. The number of hydrogen-bond acceptors (Lipinski definition) is 4. The number of esters is 1. The first-order valence-electron chi connectivity index (χ1n) is 4.03. The van der Waals surface area contributed by atoms with Gasteiger partial charge in [0.25, 0.3) is 0 Å². The molecule has 0 spiro atoms. The van der Waals surface area contributed by atoms with Crippen LogP contribution in [0.5, 0.6) is 0 Å². The largest absolute Gasteiger partial charge is 0.468 e. The number of anilines is 1. The van der Waals surface area contributed by atoms with E-state index in [2.05, 4.69) is 9.72 Å². The fourth-order valence-electron chi connectivity index (χ4n) is 0.933. The molecule has 1 heterocycles. The van der Waals surface area contributed by atoms with Gasteiger partial charge in [0.15, 0.2) is 0 Å².